The molecule has 3 N–H and O–H groups in total. The van der Waals surface area contributed by atoms with Crippen LogP contribution in [0.1, 0.15) is 35.3 Å². The Hall–Kier alpha value is -2.37. The van der Waals surface area contributed by atoms with E-state index in [9.17, 15) is 14.4 Å². The molecule has 0 spiro atoms. The van der Waals surface area contributed by atoms with E-state index in [0.717, 1.165) is 11.1 Å². The summed E-state index contributed by atoms with van der Waals surface area (Å²) in [5, 5.41) is 1.93. The second kappa shape index (κ2) is 6.88. The number of nitrogens with one attached hydrogen (secondary N) is 1. The Kier molecular flexibility index (Phi) is 5.46. The highest BCUT2D eigenvalue weighted by Gasteiger charge is 2.28. The van der Waals surface area contributed by atoms with Crippen LogP contribution in [0.15, 0.2) is 18.2 Å². The molecular formula is C15H20N2O4. The fourth-order valence-electron chi connectivity index (χ4n) is 1.82. The fraction of sp³-hybridized carbons (Fsp3) is 0.400. The van der Waals surface area contributed by atoms with Crippen molar-refractivity contribution in [3.8, 4) is 0 Å². The zero-order valence-electron chi connectivity index (χ0n) is 12.6. The Bertz CT molecular complexity index is 567. The van der Waals surface area contributed by atoms with Gasteiger partial charge < -0.3 is 10.5 Å². The van der Waals surface area contributed by atoms with Gasteiger partial charge in [0.1, 0.15) is 0 Å². The SMILES string of the molecule is Cc1ccc(C)c(C(=O)O[C@@H](C(=O)NC(N)=O)C(C)C)c1. The first-order chi connectivity index (χ1) is 9.72. The summed E-state index contributed by atoms with van der Waals surface area (Å²) in [5.41, 5.74) is 6.97. The molecule has 0 radical (unpaired) electrons. The molecule has 21 heavy (non-hydrogen) atoms. The van der Waals surface area contributed by atoms with E-state index in [1.54, 1.807) is 32.9 Å². The number of urea groups is 1. The molecule has 0 aliphatic rings. The van der Waals surface area contributed by atoms with Gasteiger partial charge in [0.05, 0.1) is 5.56 Å². The Morgan fingerprint density at radius 2 is 1.81 bits per heavy atom. The van der Waals surface area contributed by atoms with Gasteiger partial charge in [-0.25, -0.2) is 9.59 Å². The fourth-order valence-corrected chi connectivity index (χ4v) is 1.82. The summed E-state index contributed by atoms with van der Waals surface area (Å²) >= 11 is 0. The number of rotatable bonds is 4. The highest BCUT2D eigenvalue weighted by Crippen LogP contribution is 2.15. The number of hydrogen-bond acceptors (Lipinski definition) is 4. The maximum atomic E-state index is 12.2. The lowest BCUT2D eigenvalue weighted by molar-refractivity contribution is -0.130. The average Bonchev–Trinajstić information content (AvgIpc) is 2.37. The molecule has 0 heterocycles. The molecule has 1 rings (SSSR count). The maximum Gasteiger partial charge on any atom is 0.339 e. The van der Waals surface area contributed by atoms with Crippen LogP contribution in [0.5, 0.6) is 0 Å². The molecule has 3 amide bonds. The topological polar surface area (TPSA) is 98.5 Å². The number of ether oxygens (including phenoxy) is 1. The Morgan fingerprint density at radius 3 is 2.33 bits per heavy atom. The van der Waals surface area contributed by atoms with E-state index in [4.69, 9.17) is 10.5 Å². The van der Waals surface area contributed by atoms with E-state index in [-0.39, 0.29) is 5.92 Å². The number of nitrogens with two attached hydrogens (primary N) is 1. The number of esters is 1. The first-order valence-electron chi connectivity index (χ1n) is 6.61. The van der Waals surface area contributed by atoms with Crippen LogP contribution < -0.4 is 11.1 Å². The smallest absolute Gasteiger partial charge is 0.339 e. The van der Waals surface area contributed by atoms with E-state index in [2.05, 4.69) is 0 Å². The van der Waals surface area contributed by atoms with Crippen LogP contribution in [0, 0.1) is 19.8 Å². The molecule has 0 aliphatic heterocycles. The summed E-state index contributed by atoms with van der Waals surface area (Å²) in [7, 11) is 0. The minimum absolute atomic E-state index is 0.293. The first-order valence-corrected chi connectivity index (χ1v) is 6.61. The number of imide groups is 1. The van der Waals surface area contributed by atoms with E-state index in [1.807, 2.05) is 18.3 Å². The van der Waals surface area contributed by atoms with Crippen molar-refractivity contribution in [1.29, 1.82) is 0 Å². The molecule has 1 atom stereocenters. The van der Waals surface area contributed by atoms with Crippen molar-refractivity contribution >= 4 is 17.9 Å². The van der Waals surface area contributed by atoms with Crippen molar-refractivity contribution in [1.82, 2.24) is 5.32 Å². The number of aryl methyl sites for hydroxylation is 2. The number of amides is 3. The van der Waals surface area contributed by atoms with E-state index >= 15 is 0 Å². The van der Waals surface area contributed by atoms with Crippen LogP contribution in [0.2, 0.25) is 0 Å². The number of carbonyl (C=O) groups excluding carboxylic acids is 3. The molecule has 0 unspecified atom stereocenters. The van der Waals surface area contributed by atoms with Crippen LogP contribution in [0.25, 0.3) is 0 Å². The highest BCUT2D eigenvalue weighted by molar-refractivity contribution is 5.98. The Balaban J connectivity index is 2.93. The van der Waals surface area contributed by atoms with Crippen LogP contribution in [0.4, 0.5) is 4.79 Å². The quantitative estimate of drug-likeness (QED) is 0.825. The standard InChI is InChI=1S/C15H20N2O4/c1-8(2)12(13(18)17-15(16)20)21-14(19)11-7-9(3)5-6-10(11)4/h5-8,12H,1-4H3,(H3,16,17,18,20)/t12-/m1/s1. The third-order valence-corrected chi connectivity index (χ3v) is 2.96. The molecule has 6 heteroatoms. The number of primary amides is 1. The number of hydrogen-bond donors (Lipinski definition) is 2. The monoisotopic (exact) mass is 292 g/mol. The second-order valence-corrected chi connectivity index (χ2v) is 5.24. The number of benzene rings is 1. The predicted octanol–water partition coefficient (Wildman–Crippen LogP) is 1.68. The lowest BCUT2D eigenvalue weighted by Crippen LogP contribution is -2.45. The van der Waals surface area contributed by atoms with E-state index < -0.39 is 24.0 Å². The molecule has 0 saturated carbocycles. The molecule has 0 saturated heterocycles. The van der Waals surface area contributed by atoms with Gasteiger partial charge >= 0.3 is 12.0 Å². The maximum absolute atomic E-state index is 12.2. The van der Waals surface area contributed by atoms with Crippen molar-refractivity contribution in [2.45, 2.75) is 33.8 Å². The summed E-state index contributed by atoms with van der Waals surface area (Å²) in [5.74, 6) is -1.62. The predicted molar refractivity (Wildman–Crippen MR) is 77.7 cm³/mol. The van der Waals surface area contributed by atoms with Gasteiger partial charge in [0.25, 0.3) is 5.91 Å². The molecule has 1 aromatic rings. The van der Waals surface area contributed by atoms with Gasteiger partial charge in [0, 0.05) is 0 Å². The van der Waals surface area contributed by atoms with Crippen molar-refractivity contribution in [3.63, 3.8) is 0 Å². The van der Waals surface area contributed by atoms with Crippen molar-refractivity contribution in [3.05, 3.63) is 34.9 Å². The molecule has 6 nitrogen and oxygen atoms in total. The van der Waals surface area contributed by atoms with Gasteiger partial charge in [-0.2, -0.15) is 0 Å². The van der Waals surface area contributed by atoms with Gasteiger partial charge in [-0.3, -0.25) is 10.1 Å². The van der Waals surface area contributed by atoms with Gasteiger partial charge in [0.15, 0.2) is 6.10 Å². The van der Waals surface area contributed by atoms with E-state index in [1.165, 1.54) is 0 Å². The van der Waals surface area contributed by atoms with Crippen molar-refractivity contribution < 1.29 is 19.1 Å². The summed E-state index contributed by atoms with van der Waals surface area (Å²) < 4.78 is 5.24. The van der Waals surface area contributed by atoms with Crippen molar-refractivity contribution in [2.75, 3.05) is 0 Å². The largest absolute Gasteiger partial charge is 0.448 e. The van der Waals surface area contributed by atoms with Gasteiger partial charge in [-0.1, -0.05) is 31.5 Å². The molecule has 0 aromatic heterocycles. The van der Waals surface area contributed by atoms with Gasteiger partial charge in [-0.15, -0.1) is 0 Å². The average molecular weight is 292 g/mol. The zero-order chi connectivity index (χ0) is 16.2. The van der Waals surface area contributed by atoms with Crippen molar-refractivity contribution in [2.24, 2.45) is 11.7 Å². The van der Waals surface area contributed by atoms with Crippen LogP contribution in [-0.2, 0) is 9.53 Å². The normalized spacial score (nSPS) is 11.9. The van der Waals surface area contributed by atoms with Crippen LogP contribution in [-0.4, -0.2) is 24.0 Å². The lowest BCUT2D eigenvalue weighted by Gasteiger charge is -2.20. The van der Waals surface area contributed by atoms with Crippen LogP contribution in [0.3, 0.4) is 0 Å². The summed E-state index contributed by atoms with van der Waals surface area (Å²) in [6, 6.07) is 4.40. The molecule has 0 aliphatic carbocycles. The third kappa shape index (κ3) is 4.59. The molecule has 114 valence electrons. The minimum atomic E-state index is -1.08. The molecular weight excluding hydrogens is 272 g/mol. The van der Waals surface area contributed by atoms with Gasteiger partial charge in [0.2, 0.25) is 0 Å². The minimum Gasteiger partial charge on any atom is -0.448 e. The zero-order valence-corrected chi connectivity index (χ0v) is 12.6. The first kappa shape index (κ1) is 16.7. The third-order valence-electron chi connectivity index (χ3n) is 2.96. The molecule has 1 aromatic carbocycles. The van der Waals surface area contributed by atoms with E-state index in [0.29, 0.717) is 5.56 Å². The second-order valence-electron chi connectivity index (χ2n) is 5.24. The van der Waals surface area contributed by atoms with Gasteiger partial charge in [-0.05, 0) is 31.4 Å². The highest BCUT2D eigenvalue weighted by atomic mass is 16.5. The summed E-state index contributed by atoms with van der Waals surface area (Å²) in [6.45, 7) is 7.06. The Labute approximate surface area is 123 Å². The molecule has 0 fully saturated rings. The molecule has 0 bridgehead atoms. The Morgan fingerprint density at radius 1 is 1.19 bits per heavy atom. The summed E-state index contributed by atoms with van der Waals surface area (Å²) in [6.07, 6.45) is -1.08. The lowest BCUT2D eigenvalue weighted by atomic mass is 10.0. The number of carbonyl (C=O) groups is 3. The summed E-state index contributed by atoms with van der Waals surface area (Å²) in [4.78, 5) is 34.8. The van der Waals surface area contributed by atoms with Crippen LogP contribution >= 0.6 is 0 Å².